The van der Waals surface area contributed by atoms with E-state index in [-0.39, 0.29) is 6.03 Å². The van der Waals surface area contributed by atoms with Crippen molar-refractivity contribution in [3.05, 3.63) is 65.2 Å². The standard InChI is InChI=1S/C21H19N5OS2/c1-28-16-9-5-8-15(12-16)22-20(27)25-11-10-17-18(13-25)29-21-23-19(24-26(17)21)14-6-3-2-4-7-14/h2-9,12H,10-11,13H2,1H3,(H,22,27). The van der Waals surface area contributed by atoms with E-state index < -0.39 is 0 Å². The smallest absolute Gasteiger partial charge is 0.319 e. The van der Waals surface area contributed by atoms with Gasteiger partial charge < -0.3 is 10.2 Å². The van der Waals surface area contributed by atoms with Crippen LogP contribution in [0.15, 0.2) is 59.5 Å². The zero-order valence-electron chi connectivity index (χ0n) is 15.8. The van der Waals surface area contributed by atoms with Crippen LogP contribution in [0.5, 0.6) is 0 Å². The van der Waals surface area contributed by atoms with Gasteiger partial charge in [-0.2, -0.15) is 4.98 Å². The number of benzene rings is 2. The molecule has 0 fully saturated rings. The largest absolute Gasteiger partial charge is 0.322 e. The highest BCUT2D eigenvalue weighted by Gasteiger charge is 2.26. The van der Waals surface area contributed by atoms with Crippen LogP contribution in [0, 0.1) is 0 Å². The van der Waals surface area contributed by atoms with E-state index in [1.807, 2.05) is 70.3 Å². The fourth-order valence-electron chi connectivity index (χ4n) is 3.48. The Morgan fingerprint density at radius 1 is 1.17 bits per heavy atom. The van der Waals surface area contributed by atoms with Crippen LogP contribution < -0.4 is 5.32 Å². The highest BCUT2D eigenvalue weighted by Crippen LogP contribution is 2.30. The van der Waals surface area contributed by atoms with Crippen LogP contribution in [0.2, 0.25) is 0 Å². The minimum atomic E-state index is -0.0714. The molecule has 1 N–H and O–H groups in total. The molecule has 0 saturated heterocycles. The fourth-order valence-corrected chi connectivity index (χ4v) is 5.05. The summed E-state index contributed by atoms with van der Waals surface area (Å²) in [6.45, 7) is 1.24. The summed E-state index contributed by atoms with van der Waals surface area (Å²) in [5.41, 5.74) is 3.00. The van der Waals surface area contributed by atoms with Gasteiger partial charge in [-0.3, -0.25) is 0 Å². The number of fused-ring (bicyclic) bond motifs is 3. The predicted octanol–water partition coefficient (Wildman–Crippen LogP) is 4.77. The van der Waals surface area contributed by atoms with Crippen molar-refractivity contribution >= 4 is 39.8 Å². The zero-order chi connectivity index (χ0) is 19.8. The molecule has 2 aromatic carbocycles. The SMILES string of the molecule is CSc1cccc(NC(=O)N2CCc3c(sc4nc(-c5ccccc5)nn34)C2)c1. The molecule has 0 bridgehead atoms. The normalized spacial score (nSPS) is 13.5. The molecule has 0 spiro atoms. The quantitative estimate of drug-likeness (QED) is 0.484. The highest BCUT2D eigenvalue weighted by molar-refractivity contribution is 7.98. The Hall–Kier alpha value is -2.84. The van der Waals surface area contributed by atoms with Gasteiger partial charge in [0.2, 0.25) is 4.96 Å². The molecule has 146 valence electrons. The Bertz CT molecular complexity index is 1180. The third-order valence-corrected chi connectivity index (χ3v) is 6.75. The minimum absolute atomic E-state index is 0.0714. The third kappa shape index (κ3) is 3.49. The number of nitrogens with zero attached hydrogens (tertiary/aromatic N) is 4. The molecule has 2 amide bonds. The first-order valence-electron chi connectivity index (χ1n) is 9.34. The van der Waals surface area contributed by atoms with Gasteiger partial charge in [-0.15, -0.1) is 16.9 Å². The highest BCUT2D eigenvalue weighted by atomic mass is 32.2. The van der Waals surface area contributed by atoms with Crippen molar-refractivity contribution in [1.82, 2.24) is 19.5 Å². The van der Waals surface area contributed by atoms with Gasteiger partial charge in [0, 0.05) is 34.0 Å². The van der Waals surface area contributed by atoms with Crippen LogP contribution in [-0.2, 0) is 13.0 Å². The number of urea groups is 1. The number of amides is 2. The van der Waals surface area contributed by atoms with Crippen molar-refractivity contribution in [1.29, 1.82) is 0 Å². The number of thioether (sulfide) groups is 1. The topological polar surface area (TPSA) is 62.5 Å². The van der Waals surface area contributed by atoms with Crippen molar-refractivity contribution < 1.29 is 4.79 Å². The molecular weight excluding hydrogens is 402 g/mol. The van der Waals surface area contributed by atoms with E-state index in [1.54, 1.807) is 23.1 Å². The summed E-state index contributed by atoms with van der Waals surface area (Å²) in [4.78, 5) is 22.4. The van der Waals surface area contributed by atoms with Gasteiger partial charge in [-0.05, 0) is 24.5 Å². The third-order valence-electron chi connectivity index (χ3n) is 4.96. The Kier molecular flexibility index (Phi) is 4.73. The average molecular weight is 422 g/mol. The van der Waals surface area contributed by atoms with E-state index in [1.165, 1.54) is 0 Å². The molecule has 0 atom stereocenters. The minimum Gasteiger partial charge on any atom is -0.319 e. The van der Waals surface area contributed by atoms with Crippen LogP contribution in [-0.4, -0.2) is 38.3 Å². The summed E-state index contributed by atoms with van der Waals surface area (Å²) in [5, 5.41) is 7.72. The molecule has 1 aliphatic heterocycles. The molecule has 29 heavy (non-hydrogen) atoms. The first-order chi connectivity index (χ1) is 14.2. The van der Waals surface area contributed by atoms with Crippen molar-refractivity contribution in [2.75, 3.05) is 18.1 Å². The second-order valence-corrected chi connectivity index (χ2v) is 8.74. The Morgan fingerprint density at radius 3 is 2.86 bits per heavy atom. The molecule has 3 heterocycles. The average Bonchev–Trinajstić information content (AvgIpc) is 3.32. The van der Waals surface area contributed by atoms with Gasteiger partial charge in [0.1, 0.15) is 0 Å². The van der Waals surface area contributed by atoms with E-state index in [9.17, 15) is 4.79 Å². The van der Waals surface area contributed by atoms with Crippen molar-refractivity contribution in [2.45, 2.75) is 17.9 Å². The lowest BCUT2D eigenvalue weighted by molar-refractivity contribution is 0.206. The molecule has 8 heteroatoms. The van der Waals surface area contributed by atoms with E-state index in [4.69, 9.17) is 10.1 Å². The van der Waals surface area contributed by atoms with E-state index in [0.717, 1.165) is 43.9 Å². The number of anilines is 1. The number of carbonyl (C=O) groups is 1. The molecule has 2 aromatic heterocycles. The molecule has 0 aliphatic carbocycles. The maximum absolute atomic E-state index is 12.7. The van der Waals surface area contributed by atoms with Gasteiger partial charge in [0.15, 0.2) is 5.82 Å². The number of aromatic nitrogens is 3. The number of carbonyl (C=O) groups excluding carboxylic acids is 1. The van der Waals surface area contributed by atoms with Gasteiger partial charge in [-0.25, -0.2) is 9.31 Å². The van der Waals surface area contributed by atoms with Gasteiger partial charge >= 0.3 is 6.03 Å². The van der Waals surface area contributed by atoms with Crippen molar-refractivity contribution in [2.24, 2.45) is 0 Å². The maximum atomic E-state index is 12.7. The second kappa shape index (κ2) is 7.53. The summed E-state index contributed by atoms with van der Waals surface area (Å²) >= 11 is 3.27. The summed E-state index contributed by atoms with van der Waals surface area (Å²) in [7, 11) is 0. The van der Waals surface area contributed by atoms with Crippen LogP contribution in [0.3, 0.4) is 0 Å². The van der Waals surface area contributed by atoms with Gasteiger partial charge in [-0.1, -0.05) is 47.7 Å². The maximum Gasteiger partial charge on any atom is 0.322 e. The lowest BCUT2D eigenvalue weighted by Gasteiger charge is -2.26. The summed E-state index contributed by atoms with van der Waals surface area (Å²) in [6, 6.07) is 17.8. The second-order valence-electron chi connectivity index (χ2n) is 6.80. The van der Waals surface area contributed by atoms with Gasteiger partial charge in [0.25, 0.3) is 0 Å². The zero-order valence-corrected chi connectivity index (χ0v) is 17.5. The number of rotatable bonds is 3. The molecule has 1 aliphatic rings. The van der Waals surface area contributed by atoms with Crippen molar-refractivity contribution in [3.8, 4) is 11.4 Å². The summed E-state index contributed by atoms with van der Waals surface area (Å²) in [5.74, 6) is 0.744. The predicted molar refractivity (Wildman–Crippen MR) is 118 cm³/mol. The number of hydrogen-bond acceptors (Lipinski definition) is 5. The lowest BCUT2D eigenvalue weighted by Crippen LogP contribution is -2.38. The Morgan fingerprint density at radius 2 is 2.03 bits per heavy atom. The lowest BCUT2D eigenvalue weighted by atomic mass is 10.2. The van der Waals surface area contributed by atoms with Crippen LogP contribution in [0.1, 0.15) is 10.6 Å². The molecular formula is C21H19N5OS2. The van der Waals surface area contributed by atoms with E-state index in [0.29, 0.717) is 13.1 Å². The summed E-state index contributed by atoms with van der Waals surface area (Å²) in [6.07, 6.45) is 2.79. The number of nitrogens with one attached hydrogen (secondary N) is 1. The monoisotopic (exact) mass is 421 g/mol. The fraction of sp³-hybridized carbons (Fsp3) is 0.190. The number of hydrogen-bond donors (Lipinski definition) is 1. The molecule has 4 aromatic rings. The van der Waals surface area contributed by atoms with Crippen LogP contribution in [0.4, 0.5) is 10.5 Å². The Balaban J connectivity index is 1.35. The Labute approximate surface area is 176 Å². The molecule has 0 unspecified atom stereocenters. The van der Waals surface area contributed by atoms with Crippen LogP contribution in [0.25, 0.3) is 16.3 Å². The number of thiazole rings is 1. The van der Waals surface area contributed by atoms with Crippen molar-refractivity contribution in [3.63, 3.8) is 0 Å². The first-order valence-corrected chi connectivity index (χ1v) is 11.4. The van der Waals surface area contributed by atoms with E-state index in [2.05, 4.69) is 5.32 Å². The molecule has 6 nitrogen and oxygen atoms in total. The summed E-state index contributed by atoms with van der Waals surface area (Å²) < 4.78 is 1.94. The van der Waals surface area contributed by atoms with Crippen LogP contribution >= 0.6 is 23.1 Å². The molecule has 5 rings (SSSR count). The van der Waals surface area contributed by atoms with Gasteiger partial charge in [0.05, 0.1) is 12.2 Å². The first kappa shape index (κ1) is 18.2. The van der Waals surface area contributed by atoms with E-state index >= 15 is 0 Å². The molecule has 0 radical (unpaired) electrons. The molecule has 0 saturated carbocycles.